The molecule has 3 heteroatoms. The lowest BCUT2D eigenvalue weighted by Crippen LogP contribution is -2.55. The molecule has 0 amide bonds. The van der Waals surface area contributed by atoms with Crippen LogP contribution in [0.2, 0.25) is 0 Å². The molecule has 0 bridgehead atoms. The fraction of sp³-hybridized carbons (Fsp3) is 0.923. The first-order valence-corrected chi connectivity index (χ1v) is 6.47. The molecule has 0 aromatic heterocycles. The third-order valence-corrected chi connectivity index (χ3v) is 4.03. The quantitative estimate of drug-likeness (QED) is 0.806. The van der Waals surface area contributed by atoms with E-state index < -0.39 is 11.5 Å². The summed E-state index contributed by atoms with van der Waals surface area (Å²) in [5, 5.41) is 9.58. The highest BCUT2D eigenvalue weighted by molar-refractivity contribution is 5.78. The summed E-state index contributed by atoms with van der Waals surface area (Å²) in [4.78, 5) is 13.7. The van der Waals surface area contributed by atoms with Crippen LogP contribution in [0.15, 0.2) is 0 Å². The second-order valence-electron chi connectivity index (χ2n) is 5.31. The lowest BCUT2D eigenvalue weighted by Gasteiger charge is -2.42. The minimum absolute atomic E-state index is 0.288. The molecular weight excluding hydrogens is 202 g/mol. The minimum Gasteiger partial charge on any atom is -0.480 e. The van der Waals surface area contributed by atoms with E-state index in [-0.39, 0.29) is 6.04 Å². The van der Waals surface area contributed by atoms with Gasteiger partial charge in [-0.25, -0.2) is 0 Å². The molecule has 0 unspecified atom stereocenters. The van der Waals surface area contributed by atoms with Gasteiger partial charge in [0.2, 0.25) is 0 Å². The first-order chi connectivity index (χ1) is 7.50. The lowest BCUT2D eigenvalue weighted by atomic mass is 9.82. The third-order valence-electron chi connectivity index (χ3n) is 4.03. The average Bonchev–Trinajstić information content (AvgIpc) is 2.16. The fourth-order valence-electron chi connectivity index (χ4n) is 2.70. The van der Waals surface area contributed by atoms with E-state index in [9.17, 15) is 9.90 Å². The van der Waals surface area contributed by atoms with E-state index in [1.807, 2.05) is 7.05 Å². The molecule has 0 heterocycles. The molecular formula is C13H25NO2. The first-order valence-electron chi connectivity index (χ1n) is 6.47. The number of hydrogen-bond acceptors (Lipinski definition) is 2. The van der Waals surface area contributed by atoms with E-state index in [0.29, 0.717) is 0 Å². The Bertz CT molecular complexity index is 230. The molecule has 0 radical (unpaired) electrons. The van der Waals surface area contributed by atoms with Crippen molar-refractivity contribution in [3.8, 4) is 0 Å². The summed E-state index contributed by atoms with van der Waals surface area (Å²) < 4.78 is 0. The predicted molar refractivity (Wildman–Crippen MR) is 65.6 cm³/mol. The standard InChI is InChI=1S/C13H25NO2/c1-11(2)14(3)13(12(15)16)9-7-5-4-6-8-10-13/h11H,4-10H2,1-3H3,(H,15,16). The van der Waals surface area contributed by atoms with Gasteiger partial charge in [0.1, 0.15) is 5.54 Å². The summed E-state index contributed by atoms with van der Waals surface area (Å²) in [5.41, 5.74) is -0.616. The van der Waals surface area contributed by atoms with Gasteiger partial charge in [-0.1, -0.05) is 32.1 Å². The highest BCUT2D eigenvalue weighted by atomic mass is 16.4. The second-order valence-corrected chi connectivity index (χ2v) is 5.31. The zero-order chi connectivity index (χ0) is 12.2. The summed E-state index contributed by atoms with van der Waals surface area (Å²) in [6.07, 6.45) is 7.32. The summed E-state index contributed by atoms with van der Waals surface area (Å²) in [5.74, 6) is -0.634. The Hall–Kier alpha value is -0.570. The molecule has 0 aromatic rings. The molecule has 0 atom stereocenters. The van der Waals surface area contributed by atoms with Gasteiger partial charge in [0, 0.05) is 6.04 Å². The van der Waals surface area contributed by atoms with Gasteiger partial charge in [-0.05, 0) is 33.7 Å². The molecule has 1 rings (SSSR count). The number of carbonyl (C=O) groups is 1. The summed E-state index contributed by atoms with van der Waals surface area (Å²) in [6.45, 7) is 4.15. The van der Waals surface area contributed by atoms with Crippen LogP contribution in [0.4, 0.5) is 0 Å². The van der Waals surface area contributed by atoms with Crippen molar-refractivity contribution >= 4 is 5.97 Å². The highest BCUT2D eigenvalue weighted by Gasteiger charge is 2.42. The van der Waals surface area contributed by atoms with Crippen molar-refractivity contribution in [2.45, 2.75) is 70.4 Å². The predicted octanol–water partition coefficient (Wildman–Crippen LogP) is 2.89. The smallest absolute Gasteiger partial charge is 0.324 e. The Morgan fingerprint density at radius 3 is 1.94 bits per heavy atom. The molecule has 1 saturated carbocycles. The Kier molecular flexibility index (Phi) is 4.78. The van der Waals surface area contributed by atoms with Crippen molar-refractivity contribution in [1.82, 2.24) is 4.90 Å². The van der Waals surface area contributed by atoms with E-state index in [2.05, 4.69) is 18.7 Å². The molecule has 0 saturated heterocycles. The first kappa shape index (κ1) is 13.5. The maximum Gasteiger partial charge on any atom is 0.324 e. The maximum atomic E-state index is 11.6. The van der Waals surface area contributed by atoms with Crippen molar-refractivity contribution in [1.29, 1.82) is 0 Å². The van der Waals surface area contributed by atoms with Gasteiger partial charge < -0.3 is 5.11 Å². The molecule has 3 nitrogen and oxygen atoms in total. The van der Waals surface area contributed by atoms with Crippen LogP contribution in [-0.2, 0) is 4.79 Å². The van der Waals surface area contributed by atoms with Gasteiger partial charge in [-0.15, -0.1) is 0 Å². The zero-order valence-corrected chi connectivity index (χ0v) is 10.8. The van der Waals surface area contributed by atoms with Crippen LogP contribution in [0.1, 0.15) is 58.8 Å². The van der Waals surface area contributed by atoms with Crippen molar-refractivity contribution in [3.05, 3.63) is 0 Å². The van der Waals surface area contributed by atoms with Crippen LogP contribution in [0.3, 0.4) is 0 Å². The van der Waals surface area contributed by atoms with Gasteiger partial charge in [0.15, 0.2) is 0 Å². The molecule has 0 spiro atoms. The SMILES string of the molecule is CC(C)N(C)C1(C(=O)O)CCCCCCC1. The van der Waals surface area contributed by atoms with Gasteiger partial charge in [0.05, 0.1) is 0 Å². The Morgan fingerprint density at radius 2 is 1.56 bits per heavy atom. The molecule has 0 aromatic carbocycles. The molecule has 1 fully saturated rings. The van der Waals surface area contributed by atoms with E-state index in [0.717, 1.165) is 25.7 Å². The van der Waals surface area contributed by atoms with E-state index in [1.54, 1.807) is 0 Å². The number of carboxylic acid groups (broad SMARTS) is 1. The monoisotopic (exact) mass is 227 g/mol. The Morgan fingerprint density at radius 1 is 1.12 bits per heavy atom. The van der Waals surface area contributed by atoms with Crippen molar-refractivity contribution < 1.29 is 9.90 Å². The van der Waals surface area contributed by atoms with Gasteiger partial charge >= 0.3 is 5.97 Å². The van der Waals surface area contributed by atoms with Crippen molar-refractivity contribution in [2.75, 3.05) is 7.05 Å². The normalized spacial score (nSPS) is 21.8. The van der Waals surface area contributed by atoms with E-state index >= 15 is 0 Å². The van der Waals surface area contributed by atoms with Crippen LogP contribution in [0, 0.1) is 0 Å². The Labute approximate surface area is 98.8 Å². The van der Waals surface area contributed by atoms with Gasteiger partial charge in [0.25, 0.3) is 0 Å². The molecule has 94 valence electrons. The summed E-state index contributed by atoms with van der Waals surface area (Å²) >= 11 is 0. The third kappa shape index (κ3) is 2.76. The molecule has 16 heavy (non-hydrogen) atoms. The lowest BCUT2D eigenvalue weighted by molar-refractivity contribution is -0.153. The topological polar surface area (TPSA) is 40.5 Å². The second kappa shape index (κ2) is 5.67. The van der Waals surface area contributed by atoms with Gasteiger partial charge in [-0.3, -0.25) is 9.69 Å². The van der Waals surface area contributed by atoms with Crippen LogP contribution in [-0.4, -0.2) is 34.6 Å². The van der Waals surface area contributed by atoms with E-state index in [4.69, 9.17) is 0 Å². The average molecular weight is 227 g/mol. The summed E-state index contributed by atoms with van der Waals surface area (Å²) in [6, 6.07) is 0.288. The maximum absolute atomic E-state index is 11.6. The van der Waals surface area contributed by atoms with Crippen molar-refractivity contribution in [3.63, 3.8) is 0 Å². The number of aliphatic carboxylic acids is 1. The molecule has 1 N–H and O–H groups in total. The summed E-state index contributed by atoms with van der Waals surface area (Å²) in [7, 11) is 1.96. The van der Waals surface area contributed by atoms with Crippen LogP contribution < -0.4 is 0 Å². The zero-order valence-electron chi connectivity index (χ0n) is 10.8. The van der Waals surface area contributed by atoms with Gasteiger partial charge in [-0.2, -0.15) is 0 Å². The number of nitrogens with zero attached hydrogens (tertiary/aromatic N) is 1. The van der Waals surface area contributed by atoms with Crippen LogP contribution >= 0.6 is 0 Å². The Balaban J connectivity index is 2.87. The molecule has 1 aliphatic rings. The number of carboxylic acids is 1. The highest BCUT2D eigenvalue weighted by Crippen LogP contribution is 2.32. The number of rotatable bonds is 3. The van der Waals surface area contributed by atoms with Crippen LogP contribution in [0.25, 0.3) is 0 Å². The largest absolute Gasteiger partial charge is 0.480 e. The number of likely N-dealkylation sites (N-methyl/N-ethyl adjacent to an activating group) is 1. The molecule has 0 aliphatic heterocycles. The van der Waals surface area contributed by atoms with Crippen LogP contribution in [0.5, 0.6) is 0 Å². The fourth-order valence-corrected chi connectivity index (χ4v) is 2.70. The minimum atomic E-state index is -0.634. The van der Waals surface area contributed by atoms with E-state index in [1.165, 1.54) is 19.3 Å². The molecule has 1 aliphatic carbocycles. The number of hydrogen-bond donors (Lipinski definition) is 1. The van der Waals surface area contributed by atoms with Crippen molar-refractivity contribution in [2.24, 2.45) is 0 Å².